The first-order valence-electron chi connectivity index (χ1n) is 5.59. The number of hydrogen-bond acceptors (Lipinski definition) is 4. The maximum absolute atomic E-state index is 11.7. The van der Waals surface area contributed by atoms with Gasteiger partial charge >= 0.3 is 0 Å². The molecule has 1 aliphatic rings. The van der Waals surface area contributed by atoms with E-state index in [1.165, 1.54) is 0 Å². The van der Waals surface area contributed by atoms with Gasteiger partial charge in [0.05, 0.1) is 5.69 Å². The summed E-state index contributed by atoms with van der Waals surface area (Å²) in [6, 6.07) is 0. The molecule has 96 valence electrons. The van der Waals surface area contributed by atoms with Gasteiger partial charge in [-0.3, -0.25) is 4.79 Å². The first-order valence-corrected chi connectivity index (χ1v) is 6.41. The molecule has 0 aromatic carbocycles. The van der Waals surface area contributed by atoms with Gasteiger partial charge in [0.25, 0.3) is 0 Å². The van der Waals surface area contributed by atoms with E-state index >= 15 is 0 Å². The minimum Gasteiger partial charge on any atom is -0.316 e. The lowest BCUT2D eigenvalue weighted by atomic mass is 10.1. The predicted octanol–water partition coefficient (Wildman–Crippen LogP) is 2.12. The fraction of sp³-hybridized carbons (Fsp3) is 0.636. The van der Waals surface area contributed by atoms with Crippen LogP contribution in [-0.4, -0.2) is 24.0 Å². The minimum absolute atomic E-state index is 0. The molecule has 0 radical (unpaired) electrons. The summed E-state index contributed by atoms with van der Waals surface area (Å²) in [5.41, 5.74) is 1.00. The summed E-state index contributed by atoms with van der Waals surface area (Å²) in [5.74, 6) is 0.574. The number of amides is 1. The summed E-state index contributed by atoms with van der Waals surface area (Å²) in [6.07, 6.45) is 1.70. The van der Waals surface area contributed by atoms with Crippen LogP contribution in [0.2, 0.25) is 0 Å². The predicted molar refractivity (Wildman–Crippen MR) is 73.1 cm³/mol. The molecule has 1 atom stereocenters. The van der Waals surface area contributed by atoms with Crippen molar-refractivity contribution in [1.82, 2.24) is 10.3 Å². The van der Waals surface area contributed by atoms with Crippen LogP contribution in [0.4, 0.5) is 5.13 Å². The van der Waals surface area contributed by atoms with Crippen molar-refractivity contribution < 1.29 is 4.79 Å². The Labute approximate surface area is 112 Å². The maximum atomic E-state index is 11.7. The standard InChI is InChI=1S/C11H17N3OS.ClH/c1-7-8(2)16-11(13-7)14-10(15)5-9-3-4-12-6-9;/h9,12H,3-6H2,1-2H3,(H,13,14,15);1H. The number of aryl methyl sites for hydroxylation is 2. The topological polar surface area (TPSA) is 54.0 Å². The molecule has 4 nitrogen and oxygen atoms in total. The molecular formula is C11H18ClN3OS. The third-order valence-electron chi connectivity index (χ3n) is 2.91. The van der Waals surface area contributed by atoms with Crippen molar-refractivity contribution >= 4 is 34.8 Å². The molecule has 1 aromatic rings. The molecule has 2 N–H and O–H groups in total. The van der Waals surface area contributed by atoms with Crippen LogP contribution in [0.3, 0.4) is 0 Å². The van der Waals surface area contributed by atoms with Crippen molar-refractivity contribution in [3.05, 3.63) is 10.6 Å². The molecule has 0 aliphatic carbocycles. The van der Waals surface area contributed by atoms with E-state index in [9.17, 15) is 4.79 Å². The lowest BCUT2D eigenvalue weighted by Gasteiger charge is -2.06. The number of aromatic nitrogens is 1. The highest BCUT2D eigenvalue weighted by atomic mass is 35.5. The van der Waals surface area contributed by atoms with Crippen LogP contribution < -0.4 is 10.6 Å². The normalized spacial score (nSPS) is 18.8. The molecule has 17 heavy (non-hydrogen) atoms. The van der Waals surface area contributed by atoms with Crippen LogP contribution in [0, 0.1) is 19.8 Å². The second-order valence-corrected chi connectivity index (χ2v) is 5.47. The monoisotopic (exact) mass is 275 g/mol. The van der Waals surface area contributed by atoms with Crippen LogP contribution in [0.1, 0.15) is 23.4 Å². The van der Waals surface area contributed by atoms with Gasteiger partial charge in [0.15, 0.2) is 5.13 Å². The zero-order chi connectivity index (χ0) is 11.5. The number of halogens is 1. The summed E-state index contributed by atoms with van der Waals surface area (Å²) in [7, 11) is 0. The second kappa shape index (κ2) is 6.33. The Morgan fingerprint density at radius 1 is 1.59 bits per heavy atom. The zero-order valence-corrected chi connectivity index (χ0v) is 11.7. The van der Waals surface area contributed by atoms with E-state index < -0.39 is 0 Å². The van der Waals surface area contributed by atoms with Crippen LogP contribution in [0.5, 0.6) is 0 Å². The Hall–Kier alpha value is -0.650. The third kappa shape index (κ3) is 3.94. The van der Waals surface area contributed by atoms with Crippen molar-refractivity contribution in [3.8, 4) is 0 Å². The van der Waals surface area contributed by atoms with E-state index in [1.807, 2.05) is 13.8 Å². The summed E-state index contributed by atoms with van der Waals surface area (Å²) >= 11 is 1.54. The van der Waals surface area contributed by atoms with E-state index in [2.05, 4.69) is 15.6 Å². The molecule has 0 bridgehead atoms. The number of carbonyl (C=O) groups is 1. The Bertz CT molecular complexity index is 369. The number of nitrogens with zero attached hydrogens (tertiary/aromatic N) is 1. The molecule has 0 saturated carbocycles. The highest BCUT2D eigenvalue weighted by Crippen LogP contribution is 2.22. The number of anilines is 1. The first-order chi connectivity index (χ1) is 7.65. The summed E-state index contributed by atoms with van der Waals surface area (Å²) in [5, 5.41) is 6.86. The Kier molecular flexibility index (Phi) is 5.36. The van der Waals surface area contributed by atoms with Crippen molar-refractivity contribution in [3.63, 3.8) is 0 Å². The van der Waals surface area contributed by atoms with E-state index in [0.717, 1.165) is 35.2 Å². The molecule has 1 fully saturated rings. The molecule has 1 aliphatic heterocycles. The number of hydrogen-bond donors (Lipinski definition) is 2. The number of thiazole rings is 1. The molecular weight excluding hydrogens is 258 g/mol. The lowest BCUT2D eigenvalue weighted by Crippen LogP contribution is -2.18. The molecule has 6 heteroatoms. The molecule has 1 saturated heterocycles. The molecule has 1 amide bonds. The van der Waals surface area contributed by atoms with Crippen LogP contribution in [-0.2, 0) is 4.79 Å². The van der Waals surface area contributed by atoms with E-state index in [-0.39, 0.29) is 18.3 Å². The van der Waals surface area contributed by atoms with Gasteiger partial charge in [0, 0.05) is 11.3 Å². The highest BCUT2D eigenvalue weighted by Gasteiger charge is 2.18. The Morgan fingerprint density at radius 2 is 2.35 bits per heavy atom. The van der Waals surface area contributed by atoms with Gasteiger partial charge in [0.2, 0.25) is 5.91 Å². The van der Waals surface area contributed by atoms with Gasteiger partial charge in [-0.25, -0.2) is 4.98 Å². The number of nitrogens with one attached hydrogen (secondary N) is 2. The Balaban J connectivity index is 0.00000144. The maximum Gasteiger partial charge on any atom is 0.226 e. The average molecular weight is 276 g/mol. The zero-order valence-electron chi connectivity index (χ0n) is 10.1. The fourth-order valence-corrected chi connectivity index (χ4v) is 2.68. The Morgan fingerprint density at radius 3 is 2.88 bits per heavy atom. The second-order valence-electron chi connectivity index (χ2n) is 4.27. The first kappa shape index (κ1) is 14.4. The largest absolute Gasteiger partial charge is 0.316 e. The molecule has 0 spiro atoms. The summed E-state index contributed by atoms with van der Waals surface area (Å²) in [4.78, 5) is 17.2. The van der Waals surface area contributed by atoms with Gasteiger partial charge in [-0.05, 0) is 39.3 Å². The van der Waals surface area contributed by atoms with Gasteiger partial charge in [-0.1, -0.05) is 0 Å². The van der Waals surface area contributed by atoms with Crippen molar-refractivity contribution in [2.45, 2.75) is 26.7 Å². The van der Waals surface area contributed by atoms with E-state index in [0.29, 0.717) is 12.3 Å². The van der Waals surface area contributed by atoms with Crippen molar-refractivity contribution in [2.24, 2.45) is 5.92 Å². The van der Waals surface area contributed by atoms with Gasteiger partial charge in [0.1, 0.15) is 0 Å². The lowest BCUT2D eigenvalue weighted by molar-refractivity contribution is -0.116. The van der Waals surface area contributed by atoms with Gasteiger partial charge < -0.3 is 10.6 Å². The van der Waals surface area contributed by atoms with Crippen molar-refractivity contribution in [1.29, 1.82) is 0 Å². The summed E-state index contributed by atoms with van der Waals surface area (Å²) < 4.78 is 0. The molecule has 1 aromatic heterocycles. The highest BCUT2D eigenvalue weighted by molar-refractivity contribution is 7.15. The molecule has 2 heterocycles. The molecule has 2 rings (SSSR count). The van der Waals surface area contributed by atoms with E-state index in [4.69, 9.17) is 0 Å². The smallest absolute Gasteiger partial charge is 0.226 e. The van der Waals surface area contributed by atoms with Gasteiger partial charge in [-0.2, -0.15) is 0 Å². The van der Waals surface area contributed by atoms with Crippen molar-refractivity contribution in [2.75, 3.05) is 18.4 Å². The summed E-state index contributed by atoms with van der Waals surface area (Å²) in [6.45, 7) is 5.97. The van der Waals surface area contributed by atoms with Crippen LogP contribution >= 0.6 is 23.7 Å². The quantitative estimate of drug-likeness (QED) is 0.888. The minimum atomic E-state index is 0. The average Bonchev–Trinajstić information content (AvgIpc) is 2.78. The van der Waals surface area contributed by atoms with Crippen LogP contribution in [0.25, 0.3) is 0 Å². The third-order valence-corrected chi connectivity index (χ3v) is 3.90. The fourth-order valence-electron chi connectivity index (χ4n) is 1.85. The number of rotatable bonds is 3. The van der Waals surface area contributed by atoms with Crippen LogP contribution in [0.15, 0.2) is 0 Å². The van der Waals surface area contributed by atoms with Gasteiger partial charge in [-0.15, -0.1) is 23.7 Å². The number of carbonyl (C=O) groups excluding carboxylic acids is 1. The van der Waals surface area contributed by atoms with E-state index in [1.54, 1.807) is 11.3 Å². The molecule has 1 unspecified atom stereocenters. The SMILES string of the molecule is Cc1nc(NC(=O)CC2CCNC2)sc1C.Cl.